The van der Waals surface area contributed by atoms with Crippen molar-refractivity contribution in [1.29, 1.82) is 0 Å². The van der Waals surface area contributed by atoms with E-state index in [9.17, 15) is 4.79 Å². The first kappa shape index (κ1) is 9.93. The number of nitrogens with one attached hydrogen (secondary N) is 1. The number of morpholine rings is 1. The maximum absolute atomic E-state index is 11.9. The van der Waals surface area contributed by atoms with Crippen molar-refractivity contribution in [2.75, 3.05) is 19.6 Å². The summed E-state index contributed by atoms with van der Waals surface area (Å²) in [6.07, 6.45) is 1.32. The van der Waals surface area contributed by atoms with Crippen molar-refractivity contribution in [3.8, 4) is 0 Å². The van der Waals surface area contributed by atoms with Gasteiger partial charge in [0, 0.05) is 13.1 Å². The highest BCUT2D eigenvalue weighted by Gasteiger charge is 2.32. The van der Waals surface area contributed by atoms with E-state index in [4.69, 9.17) is 4.74 Å². The zero-order valence-electron chi connectivity index (χ0n) is 8.82. The van der Waals surface area contributed by atoms with Gasteiger partial charge in [-0.05, 0) is 26.8 Å². The second kappa shape index (κ2) is 3.87. The Labute approximate surface area is 84.6 Å². The number of rotatable bonds is 1. The zero-order chi connectivity index (χ0) is 10.1. The van der Waals surface area contributed by atoms with E-state index in [2.05, 4.69) is 5.32 Å². The van der Waals surface area contributed by atoms with Crippen LogP contribution in [0.25, 0.3) is 0 Å². The second-order valence-electron chi connectivity index (χ2n) is 4.30. The van der Waals surface area contributed by atoms with Crippen LogP contribution >= 0.6 is 0 Å². The van der Waals surface area contributed by atoms with E-state index in [-0.39, 0.29) is 24.2 Å². The summed E-state index contributed by atoms with van der Waals surface area (Å²) in [5.41, 5.74) is 0. The van der Waals surface area contributed by atoms with E-state index in [1.54, 1.807) is 0 Å². The van der Waals surface area contributed by atoms with E-state index >= 15 is 0 Å². The van der Waals surface area contributed by atoms with Gasteiger partial charge in [0.2, 0.25) is 5.91 Å². The van der Waals surface area contributed by atoms with Gasteiger partial charge in [0.05, 0.1) is 18.2 Å². The van der Waals surface area contributed by atoms with Gasteiger partial charge in [0.15, 0.2) is 0 Å². The third-order valence-electron chi connectivity index (χ3n) is 2.85. The van der Waals surface area contributed by atoms with Crippen LogP contribution in [0, 0.1) is 0 Å². The third kappa shape index (κ3) is 1.91. The minimum absolute atomic E-state index is 0.0764. The summed E-state index contributed by atoms with van der Waals surface area (Å²) in [4.78, 5) is 13.8. The van der Waals surface area contributed by atoms with Crippen LogP contribution in [0.15, 0.2) is 0 Å². The lowest BCUT2D eigenvalue weighted by Crippen LogP contribution is -2.58. The van der Waals surface area contributed by atoms with E-state index in [1.807, 2.05) is 18.7 Å². The molecule has 2 rings (SSSR count). The molecule has 14 heavy (non-hydrogen) atoms. The molecule has 0 aromatic heterocycles. The molecule has 1 N–H and O–H groups in total. The topological polar surface area (TPSA) is 41.6 Å². The predicted molar refractivity (Wildman–Crippen MR) is 53.0 cm³/mol. The monoisotopic (exact) mass is 198 g/mol. The molecule has 0 spiro atoms. The number of amides is 1. The molecule has 80 valence electrons. The molecule has 4 nitrogen and oxygen atoms in total. The smallest absolute Gasteiger partial charge is 0.239 e. The van der Waals surface area contributed by atoms with Gasteiger partial charge in [-0.25, -0.2) is 0 Å². The Morgan fingerprint density at radius 2 is 1.93 bits per heavy atom. The predicted octanol–water partition coefficient (Wildman–Crippen LogP) is -0.0159. The minimum Gasteiger partial charge on any atom is -0.372 e. The molecule has 2 fully saturated rings. The van der Waals surface area contributed by atoms with Crippen molar-refractivity contribution in [3.63, 3.8) is 0 Å². The minimum atomic E-state index is 0.0764. The van der Waals surface area contributed by atoms with Crippen LogP contribution in [0.1, 0.15) is 20.3 Å². The molecule has 3 atom stereocenters. The van der Waals surface area contributed by atoms with Gasteiger partial charge < -0.3 is 15.0 Å². The van der Waals surface area contributed by atoms with Crippen molar-refractivity contribution in [1.82, 2.24) is 10.2 Å². The number of nitrogens with zero attached hydrogens (tertiary/aromatic N) is 1. The molecular formula is C10H18N2O2. The summed E-state index contributed by atoms with van der Waals surface area (Å²) < 4.78 is 5.58. The van der Waals surface area contributed by atoms with Crippen LogP contribution in [0.4, 0.5) is 0 Å². The lowest BCUT2D eigenvalue weighted by molar-refractivity contribution is -0.147. The zero-order valence-corrected chi connectivity index (χ0v) is 8.82. The summed E-state index contributed by atoms with van der Waals surface area (Å²) in [5, 5.41) is 3.14. The standard InChI is InChI=1S/C10H18N2O2/c1-7-5-12(6-8(2)14-7)10(13)9-3-4-11-9/h7-9,11H,3-6H2,1-2H3/t7?,8?,9-/m1/s1. The third-order valence-corrected chi connectivity index (χ3v) is 2.85. The van der Waals surface area contributed by atoms with Gasteiger partial charge in [-0.3, -0.25) is 4.79 Å². The Balaban J connectivity index is 1.92. The van der Waals surface area contributed by atoms with Gasteiger partial charge in [-0.2, -0.15) is 0 Å². The Kier molecular flexibility index (Phi) is 2.74. The summed E-state index contributed by atoms with van der Waals surface area (Å²) in [6, 6.07) is 0.0764. The lowest BCUT2D eigenvalue weighted by atomic mass is 10.1. The van der Waals surface area contributed by atoms with E-state index < -0.39 is 0 Å². The average molecular weight is 198 g/mol. The number of hydrogen-bond donors (Lipinski definition) is 1. The largest absolute Gasteiger partial charge is 0.372 e. The fourth-order valence-electron chi connectivity index (χ4n) is 2.08. The molecule has 0 aromatic rings. The maximum atomic E-state index is 11.9. The molecule has 2 aliphatic rings. The Hall–Kier alpha value is -0.610. The van der Waals surface area contributed by atoms with E-state index in [1.165, 1.54) is 0 Å². The second-order valence-corrected chi connectivity index (χ2v) is 4.30. The number of ether oxygens (including phenoxy) is 1. The fraction of sp³-hybridized carbons (Fsp3) is 0.900. The molecule has 0 saturated carbocycles. The molecular weight excluding hydrogens is 180 g/mol. The molecule has 2 heterocycles. The normalized spacial score (nSPS) is 37.9. The maximum Gasteiger partial charge on any atom is 0.239 e. The highest BCUT2D eigenvalue weighted by molar-refractivity contribution is 5.82. The Morgan fingerprint density at radius 1 is 1.36 bits per heavy atom. The van der Waals surface area contributed by atoms with Gasteiger partial charge in [-0.15, -0.1) is 0 Å². The highest BCUT2D eigenvalue weighted by Crippen LogP contribution is 2.14. The molecule has 2 aliphatic heterocycles. The molecule has 0 aliphatic carbocycles. The SMILES string of the molecule is CC1CN(C(=O)[C@H]2CCN2)CC(C)O1. The first-order chi connectivity index (χ1) is 6.66. The summed E-state index contributed by atoms with van der Waals surface area (Å²) >= 11 is 0. The molecule has 1 amide bonds. The number of hydrogen-bond acceptors (Lipinski definition) is 3. The first-order valence-corrected chi connectivity index (χ1v) is 5.34. The summed E-state index contributed by atoms with van der Waals surface area (Å²) in [6.45, 7) is 6.49. The van der Waals surface area contributed by atoms with Crippen LogP contribution in [-0.4, -0.2) is 48.7 Å². The van der Waals surface area contributed by atoms with Crippen molar-refractivity contribution in [2.24, 2.45) is 0 Å². The quantitative estimate of drug-likeness (QED) is 0.644. The fourth-order valence-corrected chi connectivity index (χ4v) is 2.08. The summed E-state index contributed by atoms with van der Waals surface area (Å²) in [7, 11) is 0. The number of carbonyl (C=O) groups excluding carboxylic acids is 1. The average Bonchev–Trinajstić information content (AvgIpc) is 1.98. The number of carbonyl (C=O) groups is 1. The molecule has 4 heteroatoms. The van der Waals surface area contributed by atoms with Crippen molar-refractivity contribution >= 4 is 5.91 Å². The molecule has 0 radical (unpaired) electrons. The van der Waals surface area contributed by atoms with Gasteiger partial charge in [0.1, 0.15) is 0 Å². The molecule has 2 saturated heterocycles. The van der Waals surface area contributed by atoms with Crippen LogP contribution in [0.5, 0.6) is 0 Å². The first-order valence-electron chi connectivity index (χ1n) is 5.34. The van der Waals surface area contributed by atoms with Gasteiger partial charge in [0.25, 0.3) is 0 Å². The lowest BCUT2D eigenvalue weighted by Gasteiger charge is -2.39. The van der Waals surface area contributed by atoms with Crippen LogP contribution in [0.2, 0.25) is 0 Å². The van der Waals surface area contributed by atoms with Gasteiger partial charge in [-0.1, -0.05) is 0 Å². The Bertz CT molecular complexity index is 218. The van der Waals surface area contributed by atoms with Crippen molar-refractivity contribution < 1.29 is 9.53 Å². The van der Waals surface area contributed by atoms with Gasteiger partial charge >= 0.3 is 0 Å². The highest BCUT2D eigenvalue weighted by atomic mass is 16.5. The van der Waals surface area contributed by atoms with Crippen molar-refractivity contribution in [2.45, 2.75) is 38.5 Å². The molecule has 0 bridgehead atoms. The Morgan fingerprint density at radius 3 is 2.36 bits per heavy atom. The van der Waals surface area contributed by atoms with Crippen LogP contribution < -0.4 is 5.32 Å². The van der Waals surface area contributed by atoms with Crippen LogP contribution in [0.3, 0.4) is 0 Å². The molecule has 0 aromatic carbocycles. The van der Waals surface area contributed by atoms with E-state index in [0.29, 0.717) is 0 Å². The van der Waals surface area contributed by atoms with Crippen molar-refractivity contribution in [3.05, 3.63) is 0 Å². The van der Waals surface area contributed by atoms with E-state index in [0.717, 1.165) is 26.1 Å². The summed E-state index contributed by atoms with van der Waals surface area (Å²) in [5.74, 6) is 0.248. The van der Waals surface area contributed by atoms with Crippen LogP contribution in [-0.2, 0) is 9.53 Å². The molecule has 2 unspecified atom stereocenters.